The number of ether oxygens (including phenoxy) is 1. The number of thiazole rings is 1. The van der Waals surface area contributed by atoms with Gasteiger partial charge in [0.1, 0.15) is 23.9 Å². The summed E-state index contributed by atoms with van der Waals surface area (Å²) in [4.78, 5) is 25.6. The predicted molar refractivity (Wildman–Crippen MR) is 118 cm³/mol. The van der Waals surface area contributed by atoms with E-state index in [-0.39, 0.29) is 23.8 Å². The lowest BCUT2D eigenvalue weighted by Gasteiger charge is -2.57. The van der Waals surface area contributed by atoms with Crippen LogP contribution in [0.15, 0.2) is 48.7 Å². The molecule has 1 saturated carbocycles. The van der Waals surface area contributed by atoms with Crippen LogP contribution in [0.4, 0.5) is 4.39 Å². The largest absolute Gasteiger partial charge is 0.491 e. The Hall–Kier alpha value is -2.80. The Morgan fingerprint density at radius 1 is 1.23 bits per heavy atom. The number of carbonyl (C=O) groups is 1. The predicted octanol–water partition coefficient (Wildman–Crippen LogP) is 4.97. The fourth-order valence-corrected chi connectivity index (χ4v) is 5.64. The van der Waals surface area contributed by atoms with Crippen molar-refractivity contribution in [3.63, 3.8) is 0 Å². The van der Waals surface area contributed by atoms with E-state index in [0.29, 0.717) is 29.9 Å². The van der Waals surface area contributed by atoms with E-state index >= 15 is 0 Å². The first-order valence-corrected chi connectivity index (χ1v) is 11.4. The van der Waals surface area contributed by atoms with E-state index in [0.717, 1.165) is 28.4 Å². The van der Waals surface area contributed by atoms with Gasteiger partial charge in [0, 0.05) is 12.2 Å². The smallest absolute Gasteiger partial charge is 0.274 e. The van der Waals surface area contributed by atoms with Gasteiger partial charge < -0.3 is 9.64 Å². The second-order valence-electron chi connectivity index (χ2n) is 8.41. The number of pyridine rings is 1. The third-order valence-electron chi connectivity index (χ3n) is 6.55. The standard InChI is InChI=1S/C24H24FN3O2S/c1-14-16-11-18(12-16)28(21(14)13-30-19-8-6-17(25)7-9-19)24(29)22-23(31-15(2)27-22)20-5-3-4-10-26-20/h3-10,14,16,18,21H,11-13H2,1-2H3/t14-,16?,18?,21?/m0/s1. The molecule has 1 amide bonds. The Balaban J connectivity index is 1.43. The molecule has 3 aliphatic rings. The Kier molecular flexibility index (Phi) is 5.22. The van der Waals surface area contributed by atoms with Crippen LogP contribution in [0.3, 0.4) is 0 Å². The number of rotatable bonds is 5. The number of aromatic nitrogens is 2. The maximum atomic E-state index is 13.8. The second kappa shape index (κ2) is 8.04. The minimum absolute atomic E-state index is 0.0476. The van der Waals surface area contributed by atoms with Crippen LogP contribution in [0.25, 0.3) is 10.6 Å². The lowest BCUT2D eigenvalue weighted by molar-refractivity contribution is -0.0672. The van der Waals surface area contributed by atoms with E-state index in [1.165, 1.54) is 23.5 Å². The summed E-state index contributed by atoms with van der Waals surface area (Å²) in [7, 11) is 0. The zero-order chi connectivity index (χ0) is 21.5. The number of fused-ring (bicyclic) bond motifs is 2. The molecule has 1 unspecified atom stereocenters. The lowest BCUT2D eigenvalue weighted by Crippen LogP contribution is -2.64. The van der Waals surface area contributed by atoms with Crippen LogP contribution in [0.1, 0.15) is 35.3 Å². The molecule has 2 aliphatic heterocycles. The van der Waals surface area contributed by atoms with Gasteiger partial charge in [-0.2, -0.15) is 0 Å². The molecule has 0 N–H and O–H groups in total. The average molecular weight is 438 g/mol. The van der Waals surface area contributed by atoms with Crippen molar-refractivity contribution < 1.29 is 13.9 Å². The first-order chi connectivity index (χ1) is 15.0. The van der Waals surface area contributed by atoms with E-state index in [2.05, 4.69) is 16.9 Å². The van der Waals surface area contributed by atoms with E-state index < -0.39 is 0 Å². The Morgan fingerprint density at radius 2 is 2.00 bits per heavy atom. The highest BCUT2D eigenvalue weighted by atomic mass is 32.1. The molecule has 3 fully saturated rings. The molecule has 160 valence electrons. The molecule has 5 nitrogen and oxygen atoms in total. The molecule has 7 heteroatoms. The highest BCUT2D eigenvalue weighted by Gasteiger charge is 2.51. The molecular formula is C24H24FN3O2S. The number of hydrogen-bond donors (Lipinski definition) is 0. The summed E-state index contributed by atoms with van der Waals surface area (Å²) >= 11 is 1.50. The van der Waals surface area contributed by atoms with Gasteiger partial charge in [-0.1, -0.05) is 13.0 Å². The third-order valence-corrected chi connectivity index (χ3v) is 7.55. The van der Waals surface area contributed by atoms with Gasteiger partial charge in [-0.05, 0) is 68.0 Å². The van der Waals surface area contributed by atoms with Gasteiger partial charge in [-0.25, -0.2) is 9.37 Å². The van der Waals surface area contributed by atoms with Crippen LogP contribution < -0.4 is 4.74 Å². The third kappa shape index (κ3) is 3.71. The maximum Gasteiger partial charge on any atom is 0.274 e. The Bertz CT molecular complexity index is 1080. The van der Waals surface area contributed by atoms with Crippen molar-refractivity contribution in [3.8, 4) is 16.3 Å². The number of aryl methyl sites for hydroxylation is 1. The van der Waals surface area contributed by atoms with Gasteiger partial charge in [-0.15, -0.1) is 11.3 Å². The molecule has 2 saturated heterocycles. The summed E-state index contributed by atoms with van der Waals surface area (Å²) in [6.45, 7) is 4.50. The molecule has 2 bridgehead atoms. The number of piperidine rings is 2. The van der Waals surface area contributed by atoms with Crippen molar-refractivity contribution in [1.29, 1.82) is 0 Å². The number of halogens is 1. The first-order valence-electron chi connectivity index (χ1n) is 10.6. The monoisotopic (exact) mass is 437 g/mol. The zero-order valence-corrected chi connectivity index (χ0v) is 18.3. The van der Waals surface area contributed by atoms with Gasteiger partial charge in [-0.3, -0.25) is 9.78 Å². The van der Waals surface area contributed by atoms with Gasteiger partial charge in [0.25, 0.3) is 5.91 Å². The number of amides is 1. The summed E-state index contributed by atoms with van der Waals surface area (Å²) in [6.07, 6.45) is 3.79. The average Bonchev–Trinajstić information content (AvgIpc) is 3.14. The van der Waals surface area contributed by atoms with E-state index in [9.17, 15) is 9.18 Å². The van der Waals surface area contributed by atoms with Gasteiger partial charge in [0.15, 0.2) is 0 Å². The maximum absolute atomic E-state index is 13.8. The minimum atomic E-state index is -0.294. The quantitative estimate of drug-likeness (QED) is 0.566. The molecule has 0 radical (unpaired) electrons. The van der Waals surface area contributed by atoms with E-state index in [1.54, 1.807) is 18.3 Å². The Labute approximate surface area is 184 Å². The van der Waals surface area contributed by atoms with Crippen molar-refractivity contribution in [2.24, 2.45) is 11.8 Å². The van der Waals surface area contributed by atoms with Gasteiger partial charge >= 0.3 is 0 Å². The van der Waals surface area contributed by atoms with Crippen LogP contribution in [-0.2, 0) is 0 Å². The fourth-order valence-electron chi connectivity index (χ4n) is 4.75. The topological polar surface area (TPSA) is 55.3 Å². The summed E-state index contributed by atoms with van der Waals surface area (Å²) in [5, 5.41) is 0.847. The molecule has 0 spiro atoms. The molecule has 1 aliphatic carbocycles. The number of benzene rings is 1. The molecule has 2 atom stereocenters. The van der Waals surface area contributed by atoms with Gasteiger partial charge in [0.2, 0.25) is 0 Å². The van der Waals surface area contributed by atoms with Crippen molar-refractivity contribution in [1.82, 2.24) is 14.9 Å². The summed E-state index contributed by atoms with van der Waals surface area (Å²) < 4.78 is 19.2. The SMILES string of the molecule is Cc1nc(C(=O)N2C3CC(C3)[C@H](C)C2COc2ccc(F)cc2)c(-c2ccccn2)s1. The minimum Gasteiger partial charge on any atom is -0.491 e. The van der Waals surface area contributed by atoms with Crippen LogP contribution in [0.5, 0.6) is 5.75 Å². The second-order valence-corrected chi connectivity index (χ2v) is 9.62. The summed E-state index contributed by atoms with van der Waals surface area (Å²) in [5.41, 5.74) is 1.25. The Morgan fingerprint density at radius 3 is 2.71 bits per heavy atom. The highest BCUT2D eigenvalue weighted by Crippen LogP contribution is 2.47. The molecule has 1 aromatic carbocycles. The van der Waals surface area contributed by atoms with Crippen LogP contribution in [0, 0.1) is 24.6 Å². The first kappa shape index (κ1) is 20.1. The number of nitrogens with zero attached hydrogens (tertiary/aromatic N) is 3. The fraction of sp³-hybridized carbons (Fsp3) is 0.375. The number of carbonyl (C=O) groups excluding carboxylic acids is 1. The molecular weight excluding hydrogens is 413 g/mol. The van der Waals surface area contributed by atoms with Crippen molar-refractivity contribution in [3.05, 3.63) is 65.2 Å². The zero-order valence-electron chi connectivity index (χ0n) is 17.5. The van der Waals surface area contributed by atoms with Crippen LogP contribution in [0.2, 0.25) is 0 Å². The van der Waals surface area contributed by atoms with Crippen LogP contribution >= 0.6 is 11.3 Å². The molecule has 6 rings (SSSR count). The number of hydrogen-bond acceptors (Lipinski definition) is 5. The van der Waals surface area contributed by atoms with E-state index in [1.807, 2.05) is 30.0 Å². The lowest BCUT2D eigenvalue weighted by atomic mass is 9.64. The summed E-state index contributed by atoms with van der Waals surface area (Å²) in [5.74, 6) is 1.21. The molecule has 2 aromatic heterocycles. The van der Waals surface area contributed by atoms with Crippen LogP contribution in [-0.4, -0.2) is 39.5 Å². The normalized spacial score (nSPS) is 24.5. The molecule has 4 heterocycles. The van der Waals surface area contributed by atoms with Crippen molar-refractivity contribution in [2.45, 2.75) is 38.8 Å². The van der Waals surface area contributed by atoms with Crippen molar-refractivity contribution in [2.75, 3.05) is 6.61 Å². The highest BCUT2D eigenvalue weighted by molar-refractivity contribution is 7.15. The van der Waals surface area contributed by atoms with Gasteiger partial charge in [0.05, 0.1) is 21.6 Å². The van der Waals surface area contributed by atoms with Crippen molar-refractivity contribution >= 4 is 17.2 Å². The molecule has 3 aromatic rings. The molecule has 31 heavy (non-hydrogen) atoms. The van der Waals surface area contributed by atoms with E-state index in [4.69, 9.17) is 4.74 Å². The summed E-state index contributed by atoms with van der Waals surface area (Å²) in [6, 6.07) is 11.9.